The zero-order chi connectivity index (χ0) is 14.4. The lowest BCUT2D eigenvalue weighted by Crippen LogP contribution is -2.37. The van der Waals surface area contributed by atoms with E-state index in [9.17, 15) is 9.59 Å². The minimum Gasteiger partial charge on any atom is -0.341 e. The van der Waals surface area contributed by atoms with Crippen LogP contribution in [-0.4, -0.2) is 40.5 Å². The number of carbonyl (C=O) groups is 2. The van der Waals surface area contributed by atoms with Crippen LogP contribution in [0.1, 0.15) is 25.0 Å². The number of amides is 3. The molecular formula is C12H20N6O2. The molecule has 1 aliphatic carbocycles. The van der Waals surface area contributed by atoms with E-state index in [1.807, 2.05) is 6.20 Å². The van der Waals surface area contributed by atoms with Gasteiger partial charge in [-0.1, -0.05) is 5.21 Å². The predicted molar refractivity (Wildman–Crippen MR) is 71.7 cm³/mol. The molecule has 0 aromatic carbocycles. The molecule has 8 nitrogen and oxygen atoms in total. The van der Waals surface area contributed by atoms with Crippen molar-refractivity contribution in [2.24, 2.45) is 5.92 Å². The summed E-state index contributed by atoms with van der Waals surface area (Å²) in [4.78, 5) is 22.3. The summed E-state index contributed by atoms with van der Waals surface area (Å²) in [7, 11) is 1.46. The third-order valence-corrected chi connectivity index (χ3v) is 3.07. The van der Waals surface area contributed by atoms with Crippen LogP contribution in [0, 0.1) is 5.92 Å². The summed E-state index contributed by atoms with van der Waals surface area (Å²) in [6.07, 6.45) is 4.64. The zero-order valence-electron chi connectivity index (χ0n) is 11.6. The highest BCUT2D eigenvalue weighted by molar-refractivity contribution is 5.94. The van der Waals surface area contributed by atoms with Gasteiger partial charge < -0.3 is 10.6 Å². The van der Waals surface area contributed by atoms with Crippen molar-refractivity contribution in [3.8, 4) is 0 Å². The van der Waals surface area contributed by atoms with E-state index < -0.39 is 6.03 Å². The number of nitrogens with one attached hydrogen (secondary N) is 3. The molecule has 1 saturated carbocycles. The third-order valence-electron chi connectivity index (χ3n) is 3.07. The first-order valence-corrected chi connectivity index (χ1v) is 6.78. The number of hydrogen-bond acceptors (Lipinski definition) is 5. The molecule has 3 amide bonds. The smallest absolute Gasteiger partial charge is 0.321 e. The monoisotopic (exact) mass is 280 g/mol. The topological polar surface area (TPSA) is 101 Å². The number of aryl methyl sites for hydroxylation is 1. The summed E-state index contributed by atoms with van der Waals surface area (Å²) in [6, 6.07) is -0.501. The van der Waals surface area contributed by atoms with Gasteiger partial charge in [-0.05, 0) is 25.3 Å². The minimum atomic E-state index is -0.501. The van der Waals surface area contributed by atoms with Gasteiger partial charge in [0.25, 0.3) is 0 Å². The highest BCUT2D eigenvalue weighted by Crippen LogP contribution is 2.27. The summed E-state index contributed by atoms with van der Waals surface area (Å²) >= 11 is 0. The van der Waals surface area contributed by atoms with Crippen molar-refractivity contribution in [3.05, 3.63) is 11.9 Å². The van der Waals surface area contributed by atoms with E-state index in [2.05, 4.69) is 26.3 Å². The molecule has 1 heterocycles. The summed E-state index contributed by atoms with van der Waals surface area (Å²) in [5, 5.41) is 15.8. The summed E-state index contributed by atoms with van der Waals surface area (Å²) < 4.78 is 1.61. The van der Waals surface area contributed by atoms with E-state index in [4.69, 9.17) is 0 Å². The fraction of sp³-hybridized carbons (Fsp3) is 0.667. The number of nitrogens with zero attached hydrogens (tertiary/aromatic N) is 3. The van der Waals surface area contributed by atoms with Gasteiger partial charge >= 0.3 is 6.03 Å². The first kappa shape index (κ1) is 14.4. The number of hydrogen-bond donors (Lipinski definition) is 3. The van der Waals surface area contributed by atoms with Crippen molar-refractivity contribution in [2.75, 3.05) is 13.6 Å². The zero-order valence-corrected chi connectivity index (χ0v) is 11.6. The lowest BCUT2D eigenvalue weighted by molar-refractivity contribution is -0.120. The Kier molecular flexibility index (Phi) is 5.05. The number of rotatable bonds is 7. The summed E-state index contributed by atoms with van der Waals surface area (Å²) in [5.41, 5.74) is 0.859. The average molecular weight is 280 g/mol. The lowest BCUT2D eigenvalue weighted by Gasteiger charge is -2.02. The predicted octanol–water partition coefficient (Wildman–Crippen LogP) is -0.377. The SMILES string of the molecule is CNC(=O)NC(=O)CCn1cc(CNCC2CC2)nn1. The Bertz CT molecular complexity index is 468. The molecule has 0 atom stereocenters. The second-order valence-corrected chi connectivity index (χ2v) is 4.92. The van der Waals surface area contributed by atoms with Crippen LogP contribution in [0.4, 0.5) is 4.79 Å². The molecule has 0 saturated heterocycles. The van der Waals surface area contributed by atoms with E-state index >= 15 is 0 Å². The van der Waals surface area contributed by atoms with Crippen molar-refractivity contribution >= 4 is 11.9 Å². The number of aromatic nitrogens is 3. The molecule has 0 bridgehead atoms. The Morgan fingerprint density at radius 2 is 2.25 bits per heavy atom. The molecule has 0 radical (unpaired) electrons. The fourth-order valence-corrected chi connectivity index (χ4v) is 1.72. The number of urea groups is 1. The van der Waals surface area contributed by atoms with E-state index in [-0.39, 0.29) is 12.3 Å². The highest BCUT2D eigenvalue weighted by atomic mass is 16.2. The molecule has 3 N–H and O–H groups in total. The molecule has 8 heteroatoms. The van der Waals surface area contributed by atoms with Gasteiger partial charge in [-0.2, -0.15) is 0 Å². The molecule has 0 spiro atoms. The van der Waals surface area contributed by atoms with Gasteiger partial charge in [-0.3, -0.25) is 14.8 Å². The molecule has 2 rings (SSSR count). The summed E-state index contributed by atoms with van der Waals surface area (Å²) in [6.45, 7) is 2.13. The van der Waals surface area contributed by atoms with Crippen molar-refractivity contribution in [1.29, 1.82) is 0 Å². The first-order valence-electron chi connectivity index (χ1n) is 6.78. The summed E-state index contributed by atoms with van der Waals surface area (Å²) in [5.74, 6) is 0.492. The third kappa shape index (κ3) is 4.96. The van der Waals surface area contributed by atoms with Crippen LogP contribution in [-0.2, 0) is 17.9 Å². The molecule has 1 aliphatic rings. The van der Waals surface area contributed by atoms with Crippen molar-refractivity contribution in [2.45, 2.75) is 32.4 Å². The second kappa shape index (κ2) is 6.99. The number of imide groups is 1. The average Bonchev–Trinajstić information content (AvgIpc) is 3.14. The Hall–Kier alpha value is -1.96. The molecule has 1 aromatic rings. The number of carbonyl (C=O) groups excluding carboxylic acids is 2. The molecule has 0 unspecified atom stereocenters. The van der Waals surface area contributed by atoms with Gasteiger partial charge in [-0.15, -0.1) is 5.10 Å². The van der Waals surface area contributed by atoms with Crippen LogP contribution in [0.3, 0.4) is 0 Å². The van der Waals surface area contributed by atoms with Crippen LogP contribution < -0.4 is 16.0 Å². The minimum absolute atomic E-state index is 0.186. The first-order chi connectivity index (χ1) is 9.67. The van der Waals surface area contributed by atoms with E-state index in [0.717, 1.165) is 18.2 Å². The van der Waals surface area contributed by atoms with Gasteiger partial charge in [0.15, 0.2) is 0 Å². The van der Waals surface area contributed by atoms with E-state index in [1.54, 1.807) is 4.68 Å². The Morgan fingerprint density at radius 1 is 1.45 bits per heavy atom. The maximum Gasteiger partial charge on any atom is 0.321 e. The lowest BCUT2D eigenvalue weighted by atomic mass is 10.4. The molecule has 20 heavy (non-hydrogen) atoms. The Morgan fingerprint density at radius 3 is 2.95 bits per heavy atom. The van der Waals surface area contributed by atoms with Gasteiger partial charge in [0.1, 0.15) is 0 Å². The van der Waals surface area contributed by atoms with Crippen LogP contribution in [0.2, 0.25) is 0 Å². The highest BCUT2D eigenvalue weighted by Gasteiger charge is 2.20. The fourth-order valence-electron chi connectivity index (χ4n) is 1.72. The van der Waals surface area contributed by atoms with Crippen LogP contribution in [0.25, 0.3) is 0 Å². The van der Waals surface area contributed by atoms with Crippen molar-refractivity contribution in [1.82, 2.24) is 30.9 Å². The van der Waals surface area contributed by atoms with Gasteiger partial charge in [0.05, 0.1) is 12.2 Å². The van der Waals surface area contributed by atoms with Gasteiger partial charge in [0.2, 0.25) is 5.91 Å². The quantitative estimate of drug-likeness (QED) is 0.632. The molecule has 0 aliphatic heterocycles. The second-order valence-electron chi connectivity index (χ2n) is 4.92. The van der Waals surface area contributed by atoms with Crippen LogP contribution in [0.5, 0.6) is 0 Å². The standard InChI is InChI=1S/C12H20N6O2/c1-13-12(20)15-11(19)4-5-18-8-10(16-17-18)7-14-6-9-2-3-9/h8-9,14H,2-7H2,1H3,(H2,13,15,19,20). The normalized spacial score (nSPS) is 14.1. The molecule has 1 fully saturated rings. The molecule has 1 aromatic heterocycles. The van der Waals surface area contributed by atoms with Gasteiger partial charge in [0, 0.05) is 26.2 Å². The largest absolute Gasteiger partial charge is 0.341 e. The Labute approximate surface area is 117 Å². The Balaban J connectivity index is 1.66. The maximum absolute atomic E-state index is 11.4. The molecule has 110 valence electrons. The van der Waals surface area contributed by atoms with Crippen molar-refractivity contribution in [3.63, 3.8) is 0 Å². The maximum atomic E-state index is 11.4. The molecular weight excluding hydrogens is 260 g/mol. The van der Waals surface area contributed by atoms with E-state index in [1.165, 1.54) is 19.9 Å². The van der Waals surface area contributed by atoms with E-state index in [0.29, 0.717) is 13.1 Å². The van der Waals surface area contributed by atoms with Gasteiger partial charge in [-0.25, -0.2) is 4.79 Å². The van der Waals surface area contributed by atoms with Crippen molar-refractivity contribution < 1.29 is 9.59 Å². The van der Waals surface area contributed by atoms with Crippen LogP contribution >= 0.6 is 0 Å². The van der Waals surface area contributed by atoms with Crippen LogP contribution in [0.15, 0.2) is 6.20 Å².